The molecule has 74 valence electrons. The van der Waals surface area contributed by atoms with Crippen LogP contribution in [0.25, 0.3) is 0 Å². The van der Waals surface area contributed by atoms with Crippen molar-refractivity contribution in [2.45, 2.75) is 38.6 Å². The Labute approximate surface area is 79.3 Å². The van der Waals surface area contributed by atoms with E-state index < -0.39 is 0 Å². The van der Waals surface area contributed by atoms with E-state index in [9.17, 15) is 4.79 Å². The lowest BCUT2D eigenvalue weighted by Crippen LogP contribution is -2.42. The summed E-state index contributed by atoms with van der Waals surface area (Å²) in [6.07, 6.45) is 4.33. The van der Waals surface area contributed by atoms with Crippen LogP contribution in [0.4, 0.5) is 0 Å². The first-order chi connectivity index (χ1) is 6.19. The van der Waals surface area contributed by atoms with Gasteiger partial charge in [0.05, 0.1) is 5.41 Å². The Kier molecular flexibility index (Phi) is 2.06. The molecule has 1 atom stereocenters. The molecule has 1 heterocycles. The highest BCUT2D eigenvalue weighted by Crippen LogP contribution is 2.47. The van der Waals surface area contributed by atoms with Gasteiger partial charge in [0.15, 0.2) is 0 Å². The molecule has 3 nitrogen and oxygen atoms in total. The molecular formula is C10H18N2O. The first-order valence-electron chi connectivity index (χ1n) is 5.21. The van der Waals surface area contributed by atoms with Crippen molar-refractivity contribution in [1.29, 1.82) is 0 Å². The zero-order valence-electron chi connectivity index (χ0n) is 8.25. The molecule has 1 unspecified atom stereocenters. The van der Waals surface area contributed by atoms with E-state index >= 15 is 0 Å². The molecule has 13 heavy (non-hydrogen) atoms. The first-order valence-corrected chi connectivity index (χ1v) is 5.21. The Hall–Kier alpha value is -0.570. The molecule has 0 spiro atoms. The van der Waals surface area contributed by atoms with Gasteiger partial charge in [0.25, 0.3) is 0 Å². The third-order valence-electron chi connectivity index (χ3n) is 3.51. The molecule has 0 bridgehead atoms. The third-order valence-corrected chi connectivity index (χ3v) is 3.51. The van der Waals surface area contributed by atoms with Crippen molar-refractivity contribution < 1.29 is 4.79 Å². The topological polar surface area (TPSA) is 46.3 Å². The van der Waals surface area contributed by atoms with Crippen LogP contribution < -0.4 is 5.73 Å². The molecule has 2 N–H and O–H groups in total. The lowest BCUT2D eigenvalue weighted by Gasteiger charge is -2.26. The summed E-state index contributed by atoms with van der Waals surface area (Å²) >= 11 is 0. The normalized spacial score (nSPS) is 30.6. The highest BCUT2D eigenvalue weighted by atomic mass is 16.2. The fourth-order valence-corrected chi connectivity index (χ4v) is 2.20. The second-order valence-corrected chi connectivity index (χ2v) is 4.47. The Balaban J connectivity index is 2.04. The van der Waals surface area contributed by atoms with E-state index in [1.165, 1.54) is 0 Å². The van der Waals surface area contributed by atoms with Gasteiger partial charge in [-0.3, -0.25) is 4.79 Å². The third kappa shape index (κ3) is 1.35. The molecule has 0 radical (unpaired) electrons. The second-order valence-electron chi connectivity index (χ2n) is 4.47. The summed E-state index contributed by atoms with van der Waals surface area (Å²) < 4.78 is 0. The van der Waals surface area contributed by atoms with Gasteiger partial charge in [-0.2, -0.15) is 0 Å². The number of nitrogens with two attached hydrogens (primary N) is 1. The van der Waals surface area contributed by atoms with E-state index in [0.717, 1.165) is 32.2 Å². The van der Waals surface area contributed by atoms with Gasteiger partial charge in [-0.05, 0) is 32.6 Å². The maximum atomic E-state index is 12.0. The van der Waals surface area contributed by atoms with Crippen LogP contribution in [-0.4, -0.2) is 29.9 Å². The standard InChI is InChI=1S/C10H18N2O/c1-8-3-2-6-12(8)9(13)10(7-11)4-5-10/h8H,2-7,11H2,1H3. The Bertz CT molecular complexity index is 223. The highest BCUT2D eigenvalue weighted by Gasteiger charge is 2.51. The molecule has 2 aliphatic rings. The van der Waals surface area contributed by atoms with E-state index in [2.05, 4.69) is 6.92 Å². The molecule has 0 aromatic heterocycles. The minimum Gasteiger partial charge on any atom is -0.339 e. The molecular weight excluding hydrogens is 164 g/mol. The number of likely N-dealkylation sites (tertiary alicyclic amines) is 1. The van der Waals surface area contributed by atoms with Crippen molar-refractivity contribution in [3.05, 3.63) is 0 Å². The second kappa shape index (κ2) is 2.98. The lowest BCUT2D eigenvalue weighted by atomic mass is 10.1. The van der Waals surface area contributed by atoms with Gasteiger partial charge in [0, 0.05) is 19.1 Å². The van der Waals surface area contributed by atoms with Crippen LogP contribution in [-0.2, 0) is 4.79 Å². The molecule has 0 aromatic rings. The van der Waals surface area contributed by atoms with Crippen molar-refractivity contribution >= 4 is 5.91 Å². The maximum Gasteiger partial charge on any atom is 0.230 e. The fourth-order valence-electron chi connectivity index (χ4n) is 2.20. The van der Waals surface area contributed by atoms with Crippen LogP contribution in [0.3, 0.4) is 0 Å². The van der Waals surface area contributed by atoms with Gasteiger partial charge < -0.3 is 10.6 Å². The van der Waals surface area contributed by atoms with Gasteiger partial charge in [-0.1, -0.05) is 0 Å². The summed E-state index contributed by atoms with van der Waals surface area (Å²) in [5.74, 6) is 0.319. The number of carbonyl (C=O) groups is 1. The van der Waals surface area contributed by atoms with E-state index in [1.54, 1.807) is 0 Å². The molecule has 1 saturated carbocycles. The first kappa shape index (κ1) is 9.00. The summed E-state index contributed by atoms with van der Waals surface area (Å²) in [6.45, 7) is 3.62. The average Bonchev–Trinajstić information content (AvgIpc) is 2.83. The summed E-state index contributed by atoms with van der Waals surface area (Å²) in [7, 11) is 0. The minimum absolute atomic E-state index is 0.140. The highest BCUT2D eigenvalue weighted by molar-refractivity contribution is 5.86. The molecule has 0 aromatic carbocycles. The van der Waals surface area contributed by atoms with E-state index in [4.69, 9.17) is 5.73 Å². The molecule has 1 aliphatic heterocycles. The van der Waals surface area contributed by atoms with E-state index in [-0.39, 0.29) is 5.41 Å². The van der Waals surface area contributed by atoms with Crippen LogP contribution in [0, 0.1) is 5.41 Å². The summed E-state index contributed by atoms with van der Waals surface area (Å²) in [6, 6.07) is 0.441. The fraction of sp³-hybridized carbons (Fsp3) is 0.900. The predicted molar refractivity (Wildman–Crippen MR) is 51.1 cm³/mol. The molecule has 3 heteroatoms. The van der Waals surface area contributed by atoms with E-state index in [0.29, 0.717) is 18.5 Å². The number of hydrogen-bond acceptors (Lipinski definition) is 2. The Morgan fingerprint density at radius 2 is 2.31 bits per heavy atom. The smallest absolute Gasteiger partial charge is 0.230 e. The SMILES string of the molecule is CC1CCCN1C(=O)C1(CN)CC1. The van der Waals surface area contributed by atoms with Crippen LogP contribution in [0.15, 0.2) is 0 Å². The minimum atomic E-state index is -0.140. The van der Waals surface area contributed by atoms with Crippen molar-refractivity contribution in [3.63, 3.8) is 0 Å². The number of hydrogen-bond donors (Lipinski definition) is 1. The van der Waals surface area contributed by atoms with Gasteiger partial charge in [0.1, 0.15) is 0 Å². The van der Waals surface area contributed by atoms with Crippen LogP contribution in [0.1, 0.15) is 32.6 Å². The predicted octanol–water partition coefficient (Wildman–Crippen LogP) is 0.736. The zero-order valence-corrected chi connectivity index (χ0v) is 8.25. The molecule has 1 aliphatic carbocycles. The quantitative estimate of drug-likeness (QED) is 0.684. The Morgan fingerprint density at radius 1 is 1.62 bits per heavy atom. The van der Waals surface area contributed by atoms with Crippen molar-refractivity contribution in [3.8, 4) is 0 Å². The van der Waals surface area contributed by atoms with Gasteiger partial charge >= 0.3 is 0 Å². The number of carbonyl (C=O) groups excluding carboxylic acids is 1. The van der Waals surface area contributed by atoms with Gasteiger partial charge in [-0.15, -0.1) is 0 Å². The summed E-state index contributed by atoms with van der Waals surface area (Å²) in [4.78, 5) is 14.0. The van der Waals surface area contributed by atoms with Gasteiger partial charge in [-0.25, -0.2) is 0 Å². The van der Waals surface area contributed by atoms with Crippen LogP contribution >= 0.6 is 0 Å². The number of amides is 1. The molecule has 1 amide bonds. The molecule has 1 saturated heterocycles. The maximum absolute atomic E-state index is 12.0. The van der Waals surface area contributed by atoms with Crippen molar-refractivity contribution in [2.75, 3.05) is 13.1 Å². The monoisotopic (exact) mass is 182 g/mol. The summed E-state index contributed by atoms with van der Waals surface area (Å²) in [5.41, 5.74) is 5.49. The zero-order chi connectivity index (χ0) is 9.47. The molecule has 2 fully saturated rings. The number of rotatable bonds is 2. The largest absolute Gasteiger partial charge is 0.339 e. The van der Waals surface area contributed by atoms with Crippen molar-refractivity contribution in [2.24, 2.45) is 11.1 Å². The van der Waals surface area contributed by atoms with Crippen molar-refractivity contribution in [1.82, 2.24) is 4.90 Å². The van der Waals surface area contributed by atoms with Crippen LogP contribution in [0.5, 0.6) is 0 Å². The molecule has 2 rings (SSSR count). The van der Waals surface area contributed by atoms with Gasteiger partial charge in [0.2, 0.25) is 5.91 Å². The Morgan fingerprint density at radius 3 is 2.69 bits per heavy atom. The van der Waals surface area contributed by atoms with E-state index in [1.807, 2.05) is 4.90 Å². The summed E-state index contributed by atoms with van der Waals surface area (Å²) in [5, 5.41) is 0. The number of nitrogens with zero attached hydrogens (tertiary/aromatic N) is 1. The van der Waals surface area contributed by atoms with Crippen LogP contribution in [0.2, 0.25) is 0 Å². The lowest BCUT2D eigenvalue weighted by molar-refractivity contribution is -0.137. The average molecular weight is 182 g/mol.